The monoisotopic (exact) mass is 347 g/mol. The smallest absolute Gasteiger partial charge is 2.00 e. The number of hydrogen-bond acceptors (Lipinski definition) is 0. The van der Waals surface area contributed by atoms with Crippen molar-refractivity contribution >= 4 is 71.5 Å². The van der Waals surface area contributed by atoms with Crippen LogP contribution in [0.25, 0.3) is 0 Å². The van der Waals surface area contributed by atoms with E-state index >= 15 is 0 Å². The molecule has 0 bridgehead atoms. The van der Waals surface area contributed by atoms with E-state index in [-0.39, 0.29) is 87.9 Å². The zero-order valence-electron chi connectivity index (χ0n) is 2.96. The molecular formula is GaIn2O3+3. The van der Waals surface area contributed by atoms with E-state index in [9.17, 15) is 0 Å². The molecule has 0 saturated carbocycles. The Morgan fingerprint density at radius 3 is 0.500 bits per heavy atom. The maximum atomic E-state index is 0. The third-order valence-corrected chi connectivity index (χ3v) is 0. The van der Waals surface area contributed by atoms with E-state index in [4.69, 9.17) is 0 Å². The van der Waals surface area contributed by atoms with Crippen LogP contribution in [0.15, 0.2) is 0 Å². The molecule has 0 aromatic rings. The minimum atomic E-state index is 0. The van der Waals surface area contributed by atoms with Gasteiger partial charge in [-0.15, -0.1) is 0 Å². The minimum absolute atomic E-state index is 0. The van der Waals surface area contributed by atoms with Crippen molar-refractivity contribution in [1.82, 2.24) is 0 Å². The van der Waals surface area contributed by atoms with Crippen LogP contribution < -0.4 is 0 Å². The molecule has 6 heteroatoms. The fourth-order valence-electron chi connectivity index (χ4n) is 0. The molecule has 0 aromatic carbocycles. The summed E-state index contributed by atoms with van der Waals surface area (Å²) in [5.74, 6) is 0. The van der Waals surface area contributed by atoms with Gasteiger partial charge in [0.25, 0.3) is 0 Å². The molecule has 0 amide bonds. The molecule has 0 aliphatic rings. The molecule has 0 aliphatic carbocycles. The number of rotatable bonds is 0. The van der Waals surface area contributed by atoms with E-state index in [1.807, 2.05) is 0 Å². The Hall–Kier alpha value is 2.26. The van der Waals surface area contributed by atoms with Gasteiger partial charge in [-0.3, -0.25) is 0 Å². The third kappa shape index (κ3) is 33.9. The van der Waals surface area contributed by atoms with Crippen molar-refractivity contribution < 1.29 is 16.4 Å². The van der Waals surface area contributed by atoms with Gasteiger partial charge in [0.15, 0.2) is 0 Å². The van der Waals surface area contributed by atoms with Crippen molar-refractivity contribution in [3.05, 3.63) is 0 Å². The Bertz CT molecular complexity index is 8.75. The van der Waals surface area contributed by atoms with Gasteiger partial charge in [-0.25, -0.2) is 0 Å². The summed E-state index contributed by atoms with van der Waals surface area (Å²) in [7, 11) is 0. The van der Waals surface area contributed by atoms with E-state index in [1.165, 1.54) is 0 Å². The normalized spacial score (nSPS) is 0. The van der Waals surface area contributed by atoms with Crippen molar-refractivity contribution in [1.29, 1.82) is 0 Å². The molecule has 0 rings (SSSR count). The third-order valence-electron chi connectivity index (χ3n) is 0. The van der Waals surface area contributed by atoms with Crippen LogP contribution in [0.4, 0.5) is 0 Å². The summed E-state index contributed by atoms with van der Waals surface area (Å²) >= 11 is 0. The Balaban J connectivity index is 0. The van der Waals surface area contributed by atoms with Crippen LogP contribution in [0.1, 0.15) is 0 Å². The molecule has 0 radical (unpaired) electrons. The molecule has 24 valence electrons. The quantitative estimate of drug-likeness (QED) is 0.478. The molecule has 0 spiro atoms. The summed E-state index contributed by atoms with van der Waals surface area (Å²) in [5.41, 5.74) is 0. The van der Waals surface area contributed by atoms with E-state index in [0.717, 1.165) is 0 Å². The predicted molar refractivity (Wildman–Crippen MR) is 19.3 cm³/mol. The SMILES string of the molecule is [Ga+3].[In+3].[In+3].[O-2].[O-2].[O-2]. The molecule has 0 saturated heterocycles. The first-order chi connectivity index (χ1) is 0. The minimum Gasteiger partial charge on any atom is -2.00 e. The van der Waals surface area contributed by atoms with Crippen LogP contribution in [0.5, 0.6) is 0 Å². The Morgan fingerprint density at radius 1 is 0.500 bits per heavy atom. The summed E-state index contributed by atoms with van der Waals surface area (Å²) in [5, 5.41) is 0. The fraction of sp³-hybridized carbons (Fsp3) is 0. The molecular weight excluding hydrogens is 347 g/mol. The summed E-state index contributed by atoms with van der Waals surface area (Å²) in [6.07, 6.45) is 0. The van der Waals surface area contributed by atoms with E-state index in [1.54, 1.807) is 0 Å². The second kappa shape index (κ2) is 55.8. The van der Waals surface area contributed by atoms with Crippen LogP contribution in [-0.4, -0.2) is 71.5 Å². The van der Waals surface area contributed by atoms with Gasteiger partial charge in [-0.1, -0.05) is 0 Å². The van der Waals surface area contributed by atoms with Crippen LogP contribution in [0, 0.1) is 0 Å². The molecule has 0 atom stereocenters. The Kier molecular flexibility index (Phi) is 794. The molecule has 6 heavy (non-hydrogen) atoms. The topological polar surface area (TPSA) is 85.5 Å². The maximum Gasteiger partial charge on any atom is 3.00 e. The maximum absolute atomic E-state index is 0. The summed E-state index contributed by atoms with van der Waals surface area (Å²) in [6, 6.07) is 0. The summed E-state index contributed by atoms with van der Waals surface area (Å²) in [4.78, 5) is 0. The molecule has 0 aromatic heterocycles. The molecule has 0 aliphatic heterocycles. The molecule has 3 nitrogen and oxygen atoms in total. The molecule has 0 unspecified atom stereocenters. The summed E-state index contributed by atoms with van der Waals surface area (Å²) < 4.78 is 0. The van der Waals surface area contributed by atoms with E-state index < -0.39 is 0 Å². The van der Waals surface area contributed by atoms with Crippen LogP contribution in [0.2, 0.25) is 0 Å². The van der Waals surface area contributed by atoms with Gasteiger partial charge in [0.05, 0.1) is 0 Å². The zero-order valence-corrected chi connectivity index (χ0v) is 12.0. The standard InChI is InChI=1S/Ga.2In.3O/q3*+3;3*-2. The van der Waals surface area contributed by atoms with Crippen molar-refractivity contribution in [2.75, 3.05) is 0 Å². The molecule has 0 N–H and O–H groups in total. The zero-order chi connectivity index (χ0) is 0. The predicted octanol–water partition coefficient (Wildman–Crippen LogP) is -1.50. The second-order valence-corrected chi connectivity index (χ2v) is 0. The van der Waals surface area contributed by atoms with Gasteiger partial charge in [-0.2, -0.15) is 0 Å². The van der Waals surface area contributed by atoms with Gasteiger partial charge < -0.3 is 16.4 Å². The number of hydrogen-bond donors (Lipinski definition) is 0. The first kappa shape index (κ1) is 85.4. The largest absolute Gasteiger partial charge is 3.00 e. The Morgan fingerprint density at radius 2 is 0.500 bits per heavy atom. The van der Waals surface area contributed by atoms with Crippen LogP contribution >= 0.6 is 0 Å². The van der Waals surface area contributed by atoms with Crippen molar-refractivity contribution in [3.63, 3.8) is 0 Å². The van der Waals surface area contributed by atoms with E-state index in [2.05, 4.69) is 0 Å². The molecule has 0 heterocycles. The van der Waals surface area contributed by atoms with Gasteiger partial charge in [0.2, 0.25) is 0 Å². The Labute approximate surface area is 86.8 Å². The fourth-order valence-corrected chi connectivity index (χ4v) is 0. The summed E-state index contributed by atoms with van der Waals surface area (Å²) in [6.45, 7) is 0. The van der Waals surface area contributed by atoms with Gasteiger partial charge in [-0.05, 0) is 0 Å². The first-order valence-electron chi connectivity index (χ1n) is 0. The average molecular weight is 347 g/mol. The molecule has 0 fully saturated rings. The van der Waals surface area contributed by atoms with Crippen molar-refractivity contribution in [2.24, 2.45) is 0 Å². The van der Waals surface area contributed by atoms with E-state index in [0.29, 0.717) is 0 Å². The van der Waals surface area contributed by atoms with Gasteiger partial charge >= 0.3 is 71.5 Å². The van der Waals surface area contributed by atoms with Crippen LogP contribution in [-0.2, 0) is 16.4 Å². The van der Waals surface area contributed by atoms with Gasteiger partial charge in [0.1, 0.15) is 0 Å². The van der Waals surface area contributed by atoms with Crippen molar-refractivity contribution in [3.8, 4) is 0 Å². The van der Waals surface area contributed by atoms with Crippen LogP contribution in [0.3, 0.4) is 0 Å². The first-order valence-corrected chi connectivity index (χ1v) is 0. The van der Waals surface area contributed by atoms with Crippen molar-refractivity contribution in [2.45, 2.75) is 0 Å². The second-order valence-electron chi connectivity index (χ2n) is 0. The van der Waals surface area contributed by atoms with Gasteiger partial charge in [0, 0.05) is 0 Å². The average Bonchev–Trinajstić information content (AvgIpc) is 0.